The van der Waals surface area contributed by atoms with Crippen LogP contribution in [-0.4, -0.2) is 0 Å². The van der Waals surface area contributed by atoms with E-state index < -0.39 is 0 Å². The molecule has 0 saturated heterocycles. The molecule has 0 bridgehead atoms. The average Bonchev–Trinajstić information content (AvgIpc) is 2.48. The molecule has 0 aliphatic heterocycles. The van der Waals surface area contributed by atoms with Crippen LogP contribution in [-0.2, 0) is 12.8 Å². The fourth-order valence-electron chi connectivity index (χ4n) is 2.52. The summed E-state index contributed by atoms with van der Waals surface area (Å²) in [7, 11) is 0. The zero-order valence-corrected chi connectivity index (χ0v) is 12.4. The topological polar surface area (TPSA) is 26.0 Å². The average molecular weight is 271 g/mol. The molecule has 0 aliphatic carbocycles. The highest BCUT2D eigenvalue weighted by Crippen LogP contribution is 2.26. The number of benzene rings is 2. The Balaban J connectivity index is 2.45. The molecule has 0 aliphatic rings. The van der Waals surface area contributed by atoms with Gasteiger partial charge in [0, 0.05) is 0 Å². The van der Waals surface area contributed by atoms with Crippen LogP contribution in [0.3, 0.4) is 0 Å². The maximum absolute atomic E-state index is 13.4. The predicted molar refractivity (Wildman–Crippen MR) is 82.4 cm³/mol. The summed E-state index contributed by atoms with van der Waals surface area (Å²) in [6.45, 7) is 6.04. The first kappa shape index (κ1) is 14.7. The van der Waals surface area contributed by atoms with Crippen molar-refractivity contribution in [1.29, 1.82) is 0 Å². The molecule has 106 valence electrons. The van der Waals surface area contributed by atoms with Crippen LogP contribution in [0.25, 0.3) is 0 Å². The molecule has 2 rings (SSSR count). The van der Waals surface area contributed by atoms with Crippen LogP contribution < -0.4 is 5.73 Å². The fraction of sp³-hybridized carbons (Fsp3) is 0.333. The maximum Gasteiger partial charge on any atom is 0.126 e. The lowest BCUT2D eigenvalue weighted by Crippen LogP contribution is -2.15. The normalized spacial score (nSPS) is 12.4. The lowest BCUT2D eigenvalue weighted by Gasteiger charge is -2.18. The van der Waals surface area contributed by atoms with Crippen molar-refractivity contribution in [2.75, 3.05) is 0 Å². The highest BCUT2D eigenvalue weighted by Gasteiger charge is 2.14. The Bertz CT molecular complexity index is 604. The van der Waals surface area contributed by atoms with E-state index in [-0.39, 0.29) is 11.9 Å². The maximum atomic E-state index is 13.4. The number of hydrogen-bond donors (Lipinski definition) is 1. The van der Waals surface area contributed by atoms with Crippen molar-refractivity contribution in [3.05, 3.63) is 70.0 Å². The van der Waals surface area contributed by atoms with Gasteiger partial charge in [0.2, 0.25) is 0 Å². The third-order valence-corrected chi connectivity index (χ3v) is 3.88. The summed E-state index contributed by atoms with van der Waals surface area (Å²) in [6, 6.07) is 11.4. The van der Waals surface area contributed by atoms with Gasteiger partial charge in [-0.3, -0.25) is 0 Å². The van der Waals surface area contributed by atoms with Crippen molar-refractivity contribution < 1.29 is 4.39 Å². The van der Waals surface area contributed by atoms with E-state index in [9.17, 15) is 4.39 Å². The van der Waals surface area contributed by atoms with Crippen LogP contribution >= 0.6 is 0 Å². The molecule has 1 atom stereocenters. The van der Waals surface area contributed by atoms with Gasteiger partial charge in [-0.1, -0.05) is 44.2 Å². The lowest BCUT2D eigenvalue weighted by molar-refractivity contribution is 0.617. The molecule has 0 aromatic heterocycles. The third-order valence-electron chi connectivity index (χ3n) is 3.88. The minimum atomic E-state index is -0.198. The molecular weight excluding hydrogens is 249 g/mol. The quantitative estimate of drug-likeness (QED) is 0.881. The number of hydrogen-bond acceptors (Lipinski definition) is 1. The summed E-state index contributed by atoms with van der Waals surface area (Å²) < 4.78 is 13.4. The number of halogens is 1. The van der Waals surface area contributed by atoms with E-state index in [0.29, 0.717) is 5.56 Å². The van der Waals surface area contributed by atoms with Crippen molar-refractivity contribution >= 4 is 0 Å². The van der Waals surface area contributed by atoms with Gasteiger partial charge < -0.3 is 5.73 Å². The second kappa shape index (κ2) is 6.19. The summed E-state index contributed by atoms with van der Waals surface area (Å²) in [5.74, 6) is -0.182. The van der Waals surface area contributed by atoms with Gasteiger partial charge in [0.15, 0.2) is 0 Å². The molecular formula is C18H22FN. The van der Waals surface area contributed by atoms with E-state index in [0.717, 1.165) is 24.0 Å². The summed E-state index contributed by atoms with van der Waals surface area (Å²) in [5, 5.41) is 0. The van der Waals surface area contributed by atoms with Gasteiger partial charge in [-0.05, 0) is 53.6 Å². The Hall–Kier alpha value is -1.67. The van der Waals surface area contributed by atoms with Gasteiger partial charge in [-0.15, -0.1) is 0 Å². The molecule has 2 aromatic rings. The molecule has 1 nitrogen and oxygen atoms in total. The fourth-order valence-corrected chi connectivity index (χ4v) is 2.52. The Morgan fingerprint density at radius 2 is 1.80 bits per heavy atom. The summed E-state index contributed by atoms with van der Waals surface area (Å²) in [4.78, 5) is 0. The molecule has 0 fully saturated rings. The molecule has 2 aromatic carbocycles. The van der Waals surface area contributed by atoms with Crippen LogP contribution in [0.4, 0.5) is 4.39 Å². The first-order chi connectivity index (χ1) is 9.56. The van der Waals surface area contributed by atoms with E-state index in [1.54, 1.807) is 13.0 Å². The van der Waals surface area contributed by atoms with Crippen LogP contribution in [0.5, 0.6) is 0 Å². The van der Waals surface area contributed by atoms with E-state index >= 15 is 0 Å². The number of nitrogens with two attached hydrogens (primary N) is 1. The van der Waals surface area contributed by atoms with Crippen LogP contribution in [0.15, 0.2) is 36.4 Å². The summed E-state index contributed by atoms with van der Waals surface area (Å²) in [6.07, 6.45) is 1.94. The molecule has 0 spiro atoms. The minimum Gasteiger partial charge on any atom is -0.320 e. The Morgan fingerprint density at radius 3 is 2.40 bits per heavy atom. The largest absolute Gasteiger partial charge is 0.320 e. The first-order valence-electron chi connectivity index (χ1n) is 7.20. The first-order valence-corrected chi connectivity index (χ1v) is 7.20. The second-order valence-electron chi connectivity index (χ2n) is 5.23. The van der Waals surface area contributed by atoms with Crippen molar-refractivity contribution in [1.82, 2.24) is 0 Å². The van der Waals surface area contributed by atoms with Gasteiger partial charge in [-0.25, -0.2) is 4.39 Å². The summed E-state index contributed by atoms with van der Waals surface area (Å²) in [5.41, 5.74) is 11.7. The molecule has 2 N–H and O–H groups in total. The highest BCUT2D eigenvalue weighted by atomic mass is 19.1. The molecule has 0 saturated carbocycles. The van der Waals surface area contributed by atoms with E-state index in [2.05, 4.69) is 32.0 Å². The Morgan fingerprint density at radius 1 is 1.05 bits per heavy atom. The molecule has 0 heterocycles. The van der Waals surface area contributed by atoms with Gasteiger partial charge in [-0.2, -0.15) is 0 Å². The van der Waals surface area contributed by atoms with E-state index in [1.807, 2.05) is 6.07 Å². The third kappa shape index (κ3) is 2.91. The molecule has 0 amide bonds. The standard InChI is InChI=1S/C18H22FN/c1-4-13-6-7-14(5-2)16(11-13)18(20)15-8-9-17(19)12(3)10-15/h6-11,18H,4-5,20H2,1-3H3. The SMILES string of the molecule is CCc1ccc(CC)c(C(N)c2ccc(F)c(C)c2)c1. The smallest absolute Gasteiger partial charge is 0.126 e. The zero-order valence-electron chi connectivity index (χ0n) is 12.4. The van der Waals surface area contributed by atoms with E-state index in [1.165, 1.54) is 17.2 Å². The lowest BCUT2D eigenvalue weighted by atomic mass is 9.91. The number of rotatable bonds is 4. The van der Waals surface area contributed by atoms with Crippen molar-refractivity contribution in [2.24, 2.45) is 5.73 Å². The van der Waals surface area contributed by atoms with Gasteiger partial charge in [0.05, 0.1) is 6.04 Å². The van der Waals surface area contributed by atoms with E-state index in [4.69, 9.17) is 5.73 Å². The van der Waals surface area contributed by atoms with Crippen molar-refractivity contribution in [2.45, 2.75) is 39.7 Å². The van der Waals surface area contributed by atoms with Gasteiger partial charge >= 0.3 is 0 Å². The van der Waals surface area contributed by atoms with Crippen molar-refractivity contribution in [3.63, 3.8) is 0 Å². The Labute approximate surface area is 120 Å². The van der Waals surface area contributed by atoms with Gasteiger partial charge in [0.1, 0.15) is 5.82 Å². The zero-order chi connectivity index (χ0) is 14.7. The Kier molecular flexibility index (Phi) is 4.56. The van der Waals surface area contributed by atoms with Crippen LogP contribution in [0.2, 0.25) is 0 Å². The molecule has 0 radical (unpaired) electrons. The molecule has 20 heavy (non-hydrogen) atoms. The molecule has 2 heteroatoms. The number of aryl methyl sites for hydroxylation is 3. The summed E-state index contributed by atoms with van der Waals surface area (Å²) >= 11 is 0. The highest BCUT2D eigenvalue weighted by molar-refractivity contribution is 5.41. The predicted octanol–water partition coefficient (Wildman–Crippen LogP) is 4.31. The second-order valence-corrected chi connectivity index (χ2v) is 5.23. The van der Waals surface area contributed by atoms with Gasteiger partial charge in [0.25, 0.3) is 0 Å². The minimum absolute atomic E-state index is 0.182. The van der Waals surface area contributed by atoms with Crippen LogP contribution in [0.1, 0.15) is 47.7 Å². The van der Waals surface area contributed by atoms with Crippen LogP contribution in [0, 0.1) is 12.7 Å². The molecule has 1 unspecified atom stereocenters. The monoisotopic (exact) mass is 271 g/mol. The van der Waals surface area contributed by atoms with Crippen molar-refractivity contribution in [3.8, 4) is 0 Å².